The van der Waals surface area contributed by atoms with Crippen LogP contribution in [0.3, 0.4) is 0 Å². The summed E-state index contributed by atoms with van der Waals surface area (Å²) < 4.78 is 33.0. The highest BCUT2D eigenvalue weighted by Crippen LogP contribution is 2.43. The second-order valence-corrected chi connectivity index (χ2v) is 9.56. The van der Waals surface area contributed by atoms with Crippen molar-refractivity contribution in [1.29, 1.82) is 0 Å². The molecule has 2 amide bonds. The van der Waals surface area contributed by atoms with Crippen molar-refractivity contribution in [2.24, 2.45) is 0 Å². The molecule has 0 aliphatic carbocycles. The number of methoxy groups -OCH3 is 1. The molecule has 32 heavy (non-hydrogen) atoms. The number of ether oxygens (including phenoxy) is 1. The molecule has 2 heterocycles. The molecule has 0 N–H and O–H groups in total. The fourth-order valence-corrected chi connectivity index (χ4v) is 4.33. The Balaban J connectivity index is 1.89. The quantitative estimate of drug-likeness (QED) is 0.638. The molecule has 2 saturated heterocycles. The Morgan fingerprint density at radius 1 is 1.09 bits per heavy atom. The van der Waals surface area contributed by atoms with E-state index in [4.69, 9.17) is 25.6 Å². The van der Waals surface area contributed by atoms with Gasteiger partial charge in [-0.25, -0.2) is 9.18 Å². The maximum Gasteiger partial charge on any atom is 0.498 e. The second kappa shape index (κ2) is 7.94. The van der Waals surface area contributed by atoms with Crippen LogP contribution in [0.1, 0.15) is 27.7 Å². The zero-order valence-corrected chi connectivity index (χ0v) is 19.9. The lowest BCUT2D eigenvalue weighted by atomic mass is 9.76. The zero-order valence-electron chi connectivity index (χ0n) is 19.2. The van der Waals surface area contributed by atoms with Crippen molar-refractivity contribution in [1.82, 2.24) is 4.90 Å². The number of likely N-dealkylation sites (N-methyl/N-ethyl adjacent to an activating group) is 1. The Labute approximate surface area is 193 Å². The van der Waals surface area contributed by atoms with Gasteiger partial charge in [0.25, 0.3) is 0 Å². The van der Waals surface area contributed by atoms with Crippen LogP contribution in [0.5, 0.6) is 5.75 Å². The molecule has 0 radical (unpaired) electrons. The van der Waals surface area contributed by atoms with Gasteiger partial charge in [-0.1, -0.05) is 23.7 Å². The number of hydrogen-bond acceptors (Lipinski definition) is 4. The Hall–Kier alpha value is -2.29. The summed E-state index contributed by atoms with van der Waals surface area (Å²) in [6.07, 6.45) is 0. The average molecular weight is 461 g/mol. The van der Waals surface area contributed by atoms with Crippen molar-refractivity contribution in [3.63, 3.8) is 0 Å². The first-order valence-electron chi connectivity index (χ1n) is 10.5. The molecule has 0 aromatic heterocycles. The number of nitrogens with zero attached hydrogens (tertiary/aromatic N) is 2. The smallest absolute Gasteiger partial charge is 0.496 e. The first kappa shape index (κ1) is 22.9. The minimum absolute atomic E-state index is 0.166. The summed E-state index contributed by atoms with van der Waals surface area (Å²) in [6.45, 7) is 8.79. The third-order valence-corrected chi connectivity index (χ3v) is 6.86. The number of rotatable bonds is 4. The average Bonchev–Trinajstić information content (AvgIpc) is 3.15. The lowest BCUT2D eigenvalue weighted by Crippen LogP contribution is -2.41. The summed E-state index contributed by atoms with van der Waals surface area (Å²) in [7, 11) is 2.44. The topological polar surface area (TPSA) is 51.2 Å². The van der Waals surface area contributed by atoms with Crippen molar-refractivity contribution in [3.05, 3.63) is 41.2 Å². The van der Waals surface area contributed by atoms with Gasteiger partial charge in [-0.05, 0) is 45.9 Å². The summed E-state index contributed by atoms with van der Waals surface area (Å²) in [5.74, 6) is -0.0604. The van der Waals surface area contributed by atoms with E-state index >= 15 is 0 Å². The number of anilines is 1. The Morgan fingerprint density at radius 2 is 1.75 bits per heavy atom. The zero-order chi connectivity index (χ0) is 23.4. The largest absolute Gasteiger partial charge is 0.498 e. The number of carbonyl (C=O) groups excluding carboxylic acids is 1. The van der Waals surface area contributed by atoms with Crippen LogP contribution in [0.25, 0.3) is 11.1 Å². The molecule has 0 unspecified atom stereocenters. The van der Waals surface area contributed by atoms with Crippen molar-refractivity contribution in [3.8, 4) is 16.9 Å². The van der Waals surface area contributed by atoms with Gasteiger partial charge < -0.3 is 18.9 Å². The number of carbonyl (C=O) groups is 1. The summed E-state index contributed by atoms with van der Waals surface area (Å²) in [5.41, 5.74) is 0.836. The van der Waals surface area contributed by atoms with Gasteiger partial charge >= 0.3 is 13.1 Å². The highest BCUT2D eigenvalue weighted by atomic mass is 35.5. The normalized spacial score (nSPS) is 19.8. The third kappa shape index (κ3) is 3.64. The molecule has 2 aliphatic heterocycles. The Kier molecular flexibility index (Phi) is 5.68. The molecule has 2 aromatic carbocycles. The van der Waals surface area contributed by atoms with Gasteiger partial charge in [0.05, 0.1) is 29.0 Å². The van der Waals surface area contributed by atoms with Crippen LogP contribution in [0.15, 0.2) is 30.3 Å². The predicted octanol–water partition coefficient (Wildman–Crippen LogP) is 4.33. The van der Waals surface area contributed by atoms with E-state index in [2.05, 4.69) is 0 Å². The van der Waals surface area contributed by atoms with Crippen LogP contribution >= 0.6 is 11.6 Å². The molecule has 0 spiro atoms. The van der Waals surface area contributed by atoms with E-state index in [1.54, 1.807) is 35.0 Å². The molecule has 2 aromatic rings. The second-order valence-electron chi connectivity index (χ2n) is 9.16. The summed E-state index contributed by atoms with van der Waals surface area (Å²) >= 11 is 6.55. The van der Waals surface area contributed by atoms with Gasteiger partial charge in [-0.3, -0.25) is 4.90 Å². The van der Waals surface area contributed by atoms with Crippen LogP contribution in [-0.2, 0) is 9.31 Å². The van der Waals surface area contributed by atoms with Gasteiger partial charge in [0.1, 0.15) is 11.6 Å². The third-order valence-electron chi connectivity index (χ3n) is 6.56. The predicted molar refractivity (Wildman–Crippen MR) is 124 cm³/mol. The molecule has 0 atom stereocenters. The Bertz CT molecular complexity index is 1060. The van der Waals surface area contributed by atoms with E-state index in [1.807, 2.05) is 27.7 Å². The summed E-state index contributed by atoms with van der Waals surface area (Å²) in [5, 5.41) is 0.398. The fourth-order valence-electron chi connectivity index (χ4n) is 4.05. The molecule has 0 bridgehead atoms. The monoisotopic (exact) mass is 460 g/mol. The number of amides is 2. The minimum Gasteiger partial charge on any atom is -0.496 e. The van der Waals surface area contributed by atoms with Crippen LogP contribution in [0, 0.1) is 5.82 Å². The molecule has 9 heteroatoms. The molecular formula is C23H27BClFN2O4. The first-order chi connectivity index (χ1) is 15.0. The van der Waals surface area contributed by atoms with Crippen LogP contribution in [-0.4, -0.2) is 56.5 Å². The summed E-state index contributed by atoms with van der Waals surface area (Å²) in [4.78, 5) is 16.0. The van der Waals surface area contributed by atoms with Crippen molar-refractivity contribution in [2.75, 3.05) is 32.1 Å². The molecule has 0 saturated carbocycles. The highest BCUT2D eigenvalue weighted by molar-refractivity contribution is 6.63. The van der Waals surface area contributed by atoms with E-state index in [9.17, 15) is 9.18 Å². The Morgan fingerprint density at radius 3 is 2.31 bits per heavy atom. The molecule has 170 valence electrons. The number of benzene rings is 2. The van der Waals surface area contributed by atoms with E-state index in [-0.39, 0.29) is 6.03 Å². The van der Waals surface area contributed by atoms with Gasteiger partial charge in [0.15, 0.2) is 0 Å². The molecule has 6 nitrogen and oxygen atoms in total. The number of halogens is 2. The maximum atomic E-state index is 14.9. The van der Waals surface area contributed by atoms with Crippen LogP contribution in [0.2, 0.25) is 5.02 Å². The van der Waals surface area contributed by atoms with E-state index in [0.717, 1.165) is 0 Å². The minimum atomic E-state index is -0.813. The van der Waals surface area contributed by atoms with Crippen molar-refractivity contribution >= 4 is 35.9 Å². The van der Waals surface area contributed by atoms with E-state index in [0.29, 0.717) is 46.1 Å². The number of para-hydroxylation sites is 1. The fraction of sp³-hybridized carbons (Fsp3) is 0.435. The van der Waals surface area contributed by atoms with Crippen molar-refractivity contribution < 1.29 is 23.2 Å². The van der Waals surface area contributed by atoms with Crippen LogP contribution in [0.4, 0.5) is 14.9 Å². The van der Waals surface area contributed by atoms with E-state index in [1.165, 1.54) is 19.2 Å². The maximum absolute atomic E-state index is 14.9. The van der Waals surface area contributed by atoms with Gasteiger partial charge in [-0.2, -0.15) is 0 Å². The first-order valence-corrected chi connectivity index (χ1v) is 10.9. The van der Waals surface area contributed by atoms with Gasteiger partial charge in [0, 0.05) is 36.7 Å². The van der Waals surface area contributed by atoms with E-state index < -0.39 is 24.1 Å². The number of hydrogen-bond donors (Lipinski definition) is 0. The highest BCUT2D eigenvalue weighted by Gasteiger charge is 2.53. The molecule has 2 fully saturated rings. The van der Waals surface area contributed by atoms with Crippen molar-refractivity contribution in [2.45, 2.75) is 38.9 Å². The molecule has 2 aliphatic rings. The standard InChI is InChI=1S/C23H27BClFN2O4/c1-22(2)23(3,4)32-24(31-22)17-13-14(26)12-16(20(17)30-6)15-8-7-9-18(25)19(15)28-11-10-27(5)21(28)29/h7-9,12-13H,10-11H2,1-6H3. The summed E-state index contributed by atoms with van der Waals surface area (Å²) in [6, 6.07) is 7.87. The molecule has 4 rings (SSSR count). The lowest BCUT2D eigenvalue weighted by molar-refractivity contribution is 0.00578. The lowest BCUT2D eigenvalue weighted by Gasteiger charge is -2.32. The molecular weight excluding hydrogens is 434 g/mol. The van der Waals surface area contributed by atoms with Gasteiger partial charge in [0.2, 0.25) is 0 Å². The SMILES string of the molecule is COc1c(B2OC(C)(C)C(C)(C)O2)cc(F)cc1-c1cccc(Cl)c1N1CCN(C)C1=O. The van der Waals surface area contributed by atoms with Crippen LogP contribution < -0.4 is 15.1 Å². The van der Waals surface area contributed by atoms with Gasteiger partial charge in [-0.15, -0.1) is 0 Å². The number of urea groups is 1.